The average molecular weight is 231 g/mol. The van der Waals surface area contributed by atoms with Crippen LogP contribution in [-0.2, 0) is 0 Å². The van der Waals surface area contributed by atoms with Crippen LogP contribution in [-0.4, -0.2) is 26.4 Å². The highest BCUT2D eigenvalue weighted by Gasteiger charge is 2.13. The Bertz CT molecular complexity index is 584. The minimum absolute atomic E-state index is 0.00269. The molecule has 0 bridgehead atoms. The molecule has 0 amide bonds. The van der Waals surface area contributed by atoms with Crippen molar-refractivity contribution in [1.29, 1.82) is 0 Å². The number of carboxylic acids is 1. The number of nitrogens with zero attached hydrogens (tertiary/aromatic N) is 2. The second-order valence-corrected chi connectivity index (χ2v) is 3.35. The van der Waals surface area contributed by atoms with Gasteiger partial charge in [-0.1, -0.05) is 12.1 Å². The fraction of sp³-hybridized carbons (Fsp3) is 0. The van der Waals surface area contributed by atoms with Gasteiger partial charge in [-0.15, -0.1) is 10.2 Å². The molecule has 0 unspecified atom stereocenters. The van der Waals surface area contributed by atoms with Gasteiger partial charge in [-0.3, -0.25) is 0 Å². The van der Waals surface area contributed by atoms with Crippen LogP contribution in [0.2, 0.25) is 0 Å². The number of hydrogen-bond acceptors (Lipinski definition) is 5. The second-order valence-electron chi connectivity index (χ2n) is 3.35. The number of carbonyl (C=O) groups is 1. The molecule has 1 heterocycles. The van der Waals surface area contributed by atoms with Crippen LogP contribution in [0, 0.1) is 0 Å². The summed E-state index contributed by atoms with van der Waals surface area (Å²) in [7, 11) is 0. The van der Waals surface area contributed by atoms with Crippen LogP contribution in [0.5, 0.6) is 5.75 Å². The monoisotopic (exact) mass is 231 g/mol. The van der Waals surface area contributed by atoms with Crippen LogP contribution in [0.25, 0.3) is 11.3 Å². The lowest BCUT2D eigenvalue weighted by Crippen LogP contribution is -2.06. The molecule has 0 fully saturated rings. The first kappa shape index (κ1) is 10.9. The molecule has 2 rings (SSSR count). The van der Waals surface area contributed by atoms with Gasteiger partial charge in [0.1, 0.15) is 11.3 Å². The summed E-state index contributed by atoms with van der Waals surface area (Å²) in [6.07, 6.45) is 0. The summed E-state index contributed by atoms with van der Waals surface area (Å²) in [5, 5.41) is 25.8. The highest BCUT2D eigenvalue weighted by Crippen LogP contribution is 2.27. The number of nitrogen functional groups attached to an aromatic ring is 1. The number of rotatable bonds is 2. The smallest absolute Gasteiger partial charge is 0.339 e. The molecule has 1 aromatic carbocycles. The zero-order chi connectivity index (χ0) is 12.4. The van der Waals surface area contributed by atoms with Crippen molar-refractivity contribution < 1.29 is 15.0 Å². The molecule has 17 heavy (non-hydrogen) atoms. The largest absolute Gasteiger partial charge is 0.507 e. The molecule has 2 aromatic rings. The predicted molar refractivity (Wildman–Crippen MR) is 60.5 cm³/mol. The number of aromatic nitrogens is 2. The predicted octanol–water partition coefficient (Wildman–Crippen LogP) is 1.13. The van der Waals surface area contributed by atoms with Gasteiger partial charge in [0.05, 0.1) is 5.69 Å². The molecule has 0 aliphatic rings. The Labute approximate surface area is 96.4 Å². The van der Waals surface area contributed by atoms with Gasteiger partial charge in [0.2, 0.25) is 0 Å². The molecule has 1 aromatic heterocycles. The van der Waals surface area contributed by atoms with Gasteiger partial charge >= 0.3 is 5.97 Å². The average Bonchev–Trinajstić information content (AvgIpc) is 2.30. The fourth-order valence-corrected chi connectivity index (χ4v) is 1.39. The third-order valence-electron chi connectivity index (χ3n) is 2.23. The molecule has 4 N–H and O–H groups in total. The van der Waals surface area contributed by atoms with Crippen molar-refractivity contribution in [1.82, 2.24) is 10.2 Å². The summed E-state index contributed by atoms with van der Waals surface area (Å²) < 4.78 is 0. The minimum Gasteiger partial charge on any atom is -0.507 e. The molecule has 0 saturated carbocycles. The Morgan fingerprint density at radius 1 is 1.24 bits per heavy atom. The molecular weight excluding hydrogens is 222 g/mol. The first-order valence-electron chi connectivity index (χ1n) is 4.74. The number of para-hydroxylation sites is 1. The van der Waals surface area contributed by atoms with Crippen molar-refractivity contribution in [3.05, 3.63) is 35.9 Å². The molecule has 86 valence electrons. The molecule has 0 radical (unpaired) electrons. The van der Waals surface area contributed by atoms with Crippen LogP contribution < -0.4 is 5.73 Å². The van der Waals surface area contributed by atoms with Crippen LogP contribution in [0.15, 0.2) is 30.3 Å². The van der Waals surface area contributed by atoms with Crippen molar-refractivity contribution in [2.24, 2.45) is 0 Å². The Morgan fingerprint density at radius 2 is 1.94 bits per heavy atom. The maximum Gasteiger partial charge on any atom is 0.339 e. The highest BCUT2D eigenvalue weighted by molar-refractivity contribution is 5.93. The van der Waals surface area contributed by atoms with Gasteiger partial charge in [0.25, 0.3) is 0 Å². The molecule has 0 saturated heterocycles. The number of aromatic hydroxyl groups is 1. The molecule has 6 heteroatoms. The minimum atomic E-state index is -1.19. The SMILES string of the molecule is Nc1nnc(-c2ccccc2O)cc1C(=O)O. The second kappa shape index (κ2) is 4.09. The first-order chi connectivity index (χ1) is 8.09. The number of benzene rings is 1. The van der Waals surface area contributed by atoms with E-state index in [1.165, 1.54) is 12.1 Å². The van der Waals surface area contributed by atoms with Crippen LogP contribution in [0.4, 0.5) is 5.82 Å². The van der Waals surface area contributed by atoms with Gasteiger partial charge in [-0.2, -0.15) is 0 Å². The highest BCUT2D eigenvalue weighted by atomic mass is 16.4. The lowest BCUT2D eigenvalue weighted by atomic mass is 10.1. The van der Waals surface area contributed by atoms with Crippen molar-refractivity contribution in [3.8, 4) is 17.0 Å². The molecule has 0 aliphatic carbocycles. The van der Waals surface area contributed by atoms with Crippen LogP contribution >= 0.6 is 0 Å². The van der Waals surface area contributed by atoms with E-state index in [9.17, 15) is 9.90 Å². The van der Waals surface area contributed by atoms with E-state index in [2.05, 4.69) is 10.2 Å². The first-order valence-corrected chi connectivity index (χ1v) is 4.74. The topological polar surface area (TPSA) is 109 Å². The molecular formula is C11H9N3O3. The third-order valence-corrected chi connectivity index (χ3v) is 2.23. The van der Waals surface area contributed by atoms with Crippen molar-refractivity contribution >= 4 is 11.8 Å². The fourth-order valence-electron chi connectivity index (χ4n) is 1.39. The molecule has 0 atom stereocenters. The number of hydrogen-bond donors (Lipinski definition) is 3. The summed E-state index contributed by atoms with van der Waals surface area (Å²) >= 11 is 0. The van der Waals surface area contributed by atoms with Crippen LogP contribution in [0.1, 0.15) is 10.4 Å². The van der Waals surface area contributed by atoms with E-state index in [1.54, 1.807) is 18.2 Å². The van der Waals surface area contributed by atoms with Gasteiger partial charge < -0.3 is 15.9 Å². The van der Waals surface area contributed by atoms with E-state index in [0.717, 1.165) is 0 Å². The van der Waals surface area contributed by atoms with Crippen molar-refractivity contribution in [2.75, 3.05) is 5.73 Å². The summed E-state index contributed by atoms with van der Waals surface area (Å²) in [6.45, 7) is 0. The van der Waals surface area contributed by atoms with E-state index in [-0.39, 0.29) is 22.8 Å². The van der Waals surface area contributed by atoms with Gasteiger partial charge in [-0.05, 0) is 18.2 Å². The summed E-state index contributed by atoms with van der Waals surface area (Å²) in [4.78, 5) is 10.9. The van der Waals surface area contributed by atoms with Crippen molar-refractivity contribution in [2.45, 2.75) is 0 Å². The zero-order valence-electron chi connectivity index (χ0n) is 8.66. The Hall–Kier alpha value is -2.63. The number of aromatic carboxylic acids is 1. The Balaban J connectivity index is 2.58. The number of nitrogens with two attached hydrogens (primary N) is 1. The zero-order valence-corrected chi connectivity index (χ0v) is 8.66. The number of carboxylic acid groups (broad SMARTS) is 1. The van der Waals surface area contributed by atoms with E-state index in [0.29, 0.717) is 5.56 Å². The quantitative estimate of drug-likeness (QED) is 0.714. The maximum atomic E-state index is 10.9. The Morgan fingerprint density at radius 3 is 2.59 bits per heavy atom. The lowest BCUT2D eigenvalue weighted by molar-refractivity contribution is 0.0697. The lowest BCUT2D eigenvalue weighted by Gasteiger charge is -2.05. The van der Waals surface area contributed by atoms with E-state index >= 15 is 0 Å². The van der Waals surface area contributed by atoms with E-state index < -0.39 is 5.97 Å². The Kier molecular flexibility index (Phi) is 2.61. The number of phenols is 1. The van der Waals surface area contributed by atoms with Gasteiger partial charge in [-0.25, -0.2) is 4.79 Å². The summed E-state index contributed by atoms with van der Waals surface area (Å²) in [5.74, 6) is -1.34. The summed E-state index contributed by atoms with van der Waals surface area (Å²) in [6, 6.07) is 7.73. The molecule has 6 nitrogen and oxygen atoms in total. The van der Waals surface area contributed by atoms with Crippen LogP contribution in [0.3, 0.4) is 0 Å². The normalized spacial score (nSPS) is 10.1. The van der Waals surface area contributed by atoms with E-state index in [4.69, 9.17) is 10.8 Å². The standard InChI is InChI=1S/C11H9N3O3/c12-10-7(11(16)17)5-8(13-14-10)6-3-1-2-4-9(6)15/h1-5,15H,(H2,12,14)(H,16,17). The number of anilines is 1. The van der Waals surface area contributed by atoms with E-state index in [1.807, 2.05) is 0 Å². The molecule has 0 aliphatic heterocycles. The third kappa shape index (κ3) is 2.00. The van der Waals surface area contributed by atoms with Gasteiger partial charge in [0, 0.05) is 5.56 Å². The number of phenolic OH excluding ortho intramolecular Hbond substituents is 1. The van der Waals surface area contributed by atoms with Gasteiger partial charge in [0.15, 0.2) is 5.82 Å². The maximum absolute atomic E-state index is 10.9. The van der Waals surface area contributed by atoms with Crippen molar-refractivity contribution in [3.63, 3.8) is 0 Å². The molecule has 0 spiro atoms. The summed E-state index contributed by atoms with van der Waals surface area (Å²) in [5.41, 5.74) is 5.91.